The zero-order chi connectivity index (χ0) is 16.3. The van der Waals surface area contributed by atoms with E-state index in [1.165, 1.54) is 0 Å². The Morgan fingerprint density at radius 3 is 2.32 bits per heavy atom. The van der Waals surface area contributed by atoms with E-state index in [0.29, 0.717) is 6.54 Å². The van der Waals surface area contributed by atoms with E-state index in [9.17, 15) is 14.7 Å². The van der Waals surface area contributed by atoms with Crippen LogP contribution in [0.25, 0.3) is 0 Å². The lowest BCUT2D eigenvalue weighted by molar-refractivity contribution is -0.149. The number of rotatable bonds is 8. The molecular weight excluding hydrogens is 302 g/mol. The number of carbonyl (C=O) groups excluding carboxylic acids is 1. The third-order valence-corrected chi connectivity index (χ3v) is 8.46. The highest BCUT2D eigenvalue weighted by molar-refractivity contribution is 6.65. The molecule has 22 heavy (non-hydrogen) atoms. The van der Waals surface area contributed by atoms with Gasteiger partial charge in [0, 0.05) is 20.8 Å². The van der Waals surface area contributed by atoms with Gasteiger partial charge in [-0.25, -0.2) is 0 Å². The molecule has 2 aliphatic carbocycles. The summed E-state index contributed by atoms with van der Waals surface area (Å²) in [7, 11) is 1.22. The predicted molar refractivity (Wildman–Crippen MR) is 83.5 cm³/mol. The number of carboxylic acid groups (broad SMARTS) is 1. The Bertz CT molecular complexity index is 426. The molecule has 0 aromatic rings. The maximum atomic E-state index is 12.4. The Labute approximate surface area is 132 Å². The van der Waals surface area contributed by atoms with E-state index in [1.807, 2.05) is 6.55 Å². The largest absolute Gasteiger partial charge is 0.481 e. The molecule has 6 nitrogen and oxygen atoms in total. The van der Waals surface area contributed by atoms with Crippen molar-refractivity contribution in [3.63, 3.8) is 0 Å². The van der Waals surface area contributed by atoms with Crippen molar-refractivity contribution in [2.75, 3.05) is 20.8 Å². The first-order valence-electron chi connectivity index (χ1n) is 8.02. The molecule has 1 amide bonds. The second-order valence-electron chi connectivity index (χ2n) is 6.66. The van der Waals surface area contributed by atoms with Gasteiger partial charge >= 0.3 is 14.5 Å². The molecule has 126 valence electrons. The van der Waals surface area contributed by atoms with Crippen LogP contribution in [-0.2, 0) is 18.4 Å². The monoisotopic (exact) mass is 329 g/mol. The van der Waals surface area contributed by atoms with Crippen LogP contribution in [0.15, 0.2) is 0 Å². The van der Waals surface area contributed by atoms with Gasteiger partial charge in [0.1, 0.15) is 0 Å². The van der Waals surface area contributed by atoms with Crippen molar-refractivity contribution in [3.8, 4) is 0 Å². The molecule has 0 aromatic carbocycles. The van der Waals surface area contributed by atoms with Gasteiger partial charge in [-0.2, -0.15) is 0 Å². The number of hydrogen-bond donors (Lipinski definition) is 2. The Morgan fingerprint density at radius 2 is 1.77 bits per heavy atom. The van der Waals surface area contributed by atoms with Crippen LogP contribution in [0, 0.1) is 23.7 Å². The normalized spacial score (nSPS) is 30.5. The molecule has 2 N–H and O–H groups in total. The van der Waals surface area contributed by atoms with E-state index in [-0.39, 0.29) is 23.7 Å². The van der Waals surface area contributed by atoms with Gasteiger partial charge in [-0.1, -0.05) is 0 Å². The topological polar surface area (TPSA) is 84.9 Å². The van der Waals surface area contributed by atoms with Crippen molar-refractivity contribution in [2.45, 2.75) is 38.3 Å². The molecule has 0 radical (unpaired) electrons. The molecule has 7 heteroatoms. The molecule has 2 rings (SSSR count). The van der Waals surface area contributed by atoms with Crippen molar-refractivity contribution < 1.29 is 23.5 Å². The lowest BCUT2D eigenvalue weighted by Crippen LogP contribution is -2.42. The molecule has 4 atom stereocenters. The highest BCUT2D eigenvalue weighted by atomic mass is 28.4. The average Bonchev–Trinajstić information content (AvgIpc) is 3.11. The predicted octanol–water partition coefficient (Wildman–Crippen LogP) is 1.60. The van der Waals surface area contributed by atoms with Crippen molar-refractivity contribution in [1.82, 2.24) is 5.32 Å². The quantitative estimate of drug-likeness (QED) is 0.522. The number of carbonyl (C=O) groups is 2. The molecule has 0 aromatic heterocycles. The summed E-state index contributed by atoms with van der Waals surface area (Å²) in [6.07, 6.45) is 3.63. The molecular formula is C15H27NO5Si. The fourth-order valence-electron chi connectivity index (χ4n) is 4.05. The van der Waals surface area contributed by atoms with Gasteiger partial charge in [0.15, 0.2) is 0 Å². The van der Waals surface area contributed by atoms with Gasteiger partial charge in [0.2, 0.25) is 5.91 Å². The zero-order valence-electron chi connectivity index (χ0n) is 13.6. The van der Waals surface area contributed by atoms with Gasteiger partial charge < -0.3 is 19.3 Å². The lowest BCUT2D eigenvalue weighted by atomic mass is 9.79. The van der Waals surface area contributed by atoms with Crippen LogP contribution >= 0.6 is 0 Å². The zero-order valence-corrected chi connectivity index (χ0v) is 14.6. The molecule has 2 bridgehead atoms. The summed E-state index contributed by atoms with van der Waals surface area (Å²) < 4.78 is 10.8. The van der Waals surface area contributed by atoms with Crippen molar-refractivity contribution >= 4 is 20.4 Å². The van der Waals surface area contributed by atoms with Gasteiger partial charge in [0.05, 0.1) is 11.8 Å². The van der Waals surface area contributed by atoms with E-state index in [0.717, 1.165) is 31.7 Å². The SMILES string of the molecule is CO[Si](C)(CCCNC(=O)C1C2CCC(C2)C1C(=O)O)OC. The summed E-state index contributed by atoms with van der Waals surface area (Å²) in [6, 6.07) is 0.805. The Balaban J connectivity index is 1.81. The van der Waals surface area contributed by atoms with E-state index >= 15 is 0 Å². The summed E-state index contributed by atoms with van der Waals surface area (Å²) in [4.78, 5) is 23.8. The summed E-state index contributed by atoms with van der Waals surface area (Å²) in [5.74, 6) is -1.29. The fraction of sp³-hybridized carbons (Fsp3) is 0.867. The minimum Gasteiger partial charge on any atom is -0.481 e. The highest BCUT2D eigenvalue weighted by Gasteiger charge is 2.53. The first kappa shape index (κ1) is 17.4. The Morgan fingerprint density at radius 1 is 1.18 bits per heavy atom. The van der Waals surface area contributed by atoms with Crippen LogP contribution in [0.2, 0.25) is 12.6 Å². The molecule has 0 aliphatic heterocycles. The van der Waals surface area contributed by atoms with Crippen LogP contribution in [-0.4, -0.2) is 46.3 Å². The number of nitrogens with one attached hydrogen (secondary N) is 1. The van der Waals surface area contributed by atoms with Crippen molar-refractivity contribution in [3.05, 3.63) is 0 Å². The van der Waals surface area contributed by atoms with Gasteiger partial charge in [-0.3, -0.25) is 9.59 Å². The molecule has 2 fully saturated rings. The number of amides is 1. The van der Waals surface area contributed by atoms with E-state index < -0.39 is 20.4 Å². The minimum absolute atomic E-state index is 0.0854. The maximum Gasteiger partial charge on any atom is 0.334 e. The molecule has 0 saturated heterocycles. The molecule has 2 aliphatic rings. The van der Waals surface area contributed by atoms with Crippen LogP contribution in [0.4, 0.5) is 0 Å². The standard InChI is InChI=1S/C15H27NO5Si/c1-20-22(3,21-2)8-4-7-16-14(17)12-10-5-6-11(9-10)13(12)15(18)19/h10-13H,4-9H2,1-3H3,(H,16,17)(H,18,19). The smallest absolute Gasteiger partial charge is 0.334 e. The maximum absolute atomic E-state index is 12.4. The van der Waals surface area contributed by atoms with Crippen molar-refractivity contribution in [1.29, 1.82) is 0 Å². The number of hydrogen-bond acceptors (Lipinski definition) is 4. The Hall–Kier alpha value is -0.923. The van der Waals surface area contributed by atoms with E-state index in [2.05, 4.69) is 5.32 Å². The molecule has 0 spiro atoms. The minimum atomic E-state index is -2.09. The van der Waals surface area contributed by atoms with Gasteiger partial charge in [-0.05, 0) is 50.1 Å². The summed E-state index contributed by atoms with van der Waals surface area (Å²) in [5, 5.41) is 12.3. The van der Waals surface area contributed by atoms with Crippen LogP contribution in [0.1, 0.15) is 25.7 Å². The summed E-state index contributed by atoms with van der Waals surface area (Å²) >= 11 is 0. The third-order valence-electron chi connectivity index (χ3n) is 5.47. The number of aliphatic carboxylic acids is 1. The first-order valence-corrected chi connectivity index (χ1v) is 10.5. The molecule has 0 heterocycles. The lowest BCUT2D eigenvalue weighted by Gasteiger charge is -2.27. The summed E-state index contributed by atoms with van der Waals surface area (Å²) in [6.45, 7) is 2.54. The highest BCUT2D eigenvalue weighted by Crippen LogP contribution is 2.52. The van der Waals surface area contributed by atoms with Gasteiger partial charge in [0.25, 0.3) is 0 Å². The van der Waals surface area contributed by atoms with Crippen molar-refractivity contribution in [2.24, 2.45) is 23.7 Å². The van der Waals surface area contributed by atoms with Gasteiger partial charge in [-0.15, -0.1) is 0 Å². The third kappa shape index (κ3) is 3.52. The molecule has 2 saturated carbocycles. The van der Waals surface area contributed by atoms with E-state index in [4.69, 9.17) is 8.85 Å². The van der Waals surface area contributed by atoms with Crippen LogP contribution in [0.3, 0.4) is 0 Å². The Kier molecular flexibility index (Phi) is 5.63. The first-order chi connectivity index (χ1) is 10.4. The number of carboxylic acids is 1. The van der Waals surface area contributed by atoms with Crippen LogP contribution in [0.5, 0.6) is 0 Å². The summed E-state index contributed by atoms with van der Waals surface area (Å²) in [5.41, 5.74) is 0. The fourth-order valence-corrected chi connectivity index (χ4v) is 5.44. The average molecular weight is 329 g/mol. The second kappa shape index (κ2) is 7.10. The molecule has 4 unspecified atom stereocenters. The second-order valence-corrected chi connectivity index (χ2v) is 10.2. The number of fused-ring (bicyclic) bond motifs is 2. The van der Waals surface area contributed by atoms with E-state index in [1.54, 1.807) is 14.2 Å². The van der Waals surface area contributed by atoms with Crippen LogP contribution < -0.4 is 5.32 Å².